The average molecular weight is 314 g/mol. The number of ketones is 1. The monoisotopic (exact) mass is 314 g/mol. The van der Waals surface area contributed by atoms with Gasteiger partial charge in [-0.2, -0.15) is 0 Å². The Morgan fingerprint density at radius 2 is 1.61 bits per heavy atom. The van der Waals surface area contributed by atoms with Gasteiger partial charge < -0.3 is 10.6 Å². The molecule has 2 aliphatic rings. The number of hydrogen-bond donors (Lipinski definition) is 2. The van der Waals surface area contributed by atoms with Crippen LogP contribution in [0.3, 0.4) is 0 Å². The fourth-order valence-electron chi connectivity index (χ4n) is 3.85. The number of benzene rings is 1. The maximum atomic E-state index is 12.5. The van der Waals surface area contributed by atoms with E-state index in [1.54, 1.807) is 0 Å². The van der Waals surface area contributed by atoms with Crippen molar-refractivity contribution in [3.63, 3.8) is 0 Å². The van der Waals surface area contributed by atoms with Crippen LogP contribution in [0.25, 0.3) is 0 Å². The van der Waals surface area contributed by atoms with E-state index >= 15 is 0 Å². The van der Waals surface area contributed by atoms with Crippen LogP contribution in [-0.2, 0) is 11.2 Å². The fourth-order valence-corrected chi connectivity index (χ4v) is 3.85. The van der Waals surface area contributed by atoms with Gasteiger partial charge in [0.25, 0.3) is 0 Å². The van der Waals surface area contributed by atoms with E-state index in [2.05, 4.69) is 48.7 Å². The second-order valence-corrected chi connectivity index (χ2v) is 7.58. The molecule has 1 aromatic carbocycles. The van der Waals surface area contributed by atoms with Crippen LogP contribution in [0.2, 0.25) is 0 Å². The quantitative estimate of drug-likeness (QED) is 0.896. The Bertz CT molecular complexity index is 509. The minimum atomic E-state index is 0.305. The summed E-state index contributed by atoms with van der Waals surface area (Å²) in [5.74, 6) is 2.08. The summed E-state index contributed by atoms with van der Waals surface area (Å²) in [4.78, 5) is 12.5. The highest BCUT2D eigenvalue weighted by Crippen LogP contribution is 2.29. The standard InChI is InChI=1S/C20H30N2O/c1-14-3-7-18(8-4-14)20(23)11-16-5-9-17(10-6-16)19-12-21-15(2)22-13-19/h5-6,9-10,14-15,18-19,21-22H,3-4,7-8,11-13H2,1-2H3. The molecule has 0 spiro atoms. The van der Waals surface area contributed by atoms with Gasteiger partial charge in [-0.1, -0.05) is 44.0 Å². The molecule has 3 nitrogen and oxygen atoms in total. The zero-order valence-corrected chi connectivity index (χ0v) is 14.5. The zero-order chi connectivity index (χ0) is 16.2. The minimum absolute atomic E-state index is 0.305. The number of nitrogens with one attached hydrogen (secondary N) is 2. The Balaban J connectivity index is 1.54. The van der Waals surface area contributed by atoms with E-state index in [-0.39, 0.29) is 0 Å². The van der Waals surface area contributed by atoms with Crippen molar-refractivity contribution in [1.82, 2.24) is 10.6 Å². The molecule has 1 saturated heterocycles. The fraction of sp³-hybridized carbons (Fsp3) is 0.650. The summed E-state index contributed by atoms with van der Waals surface area (Å²) >= 11 is 0. The predicted molar refractivity (Wildman–Crippen MR) is 94.5 cm³/mol. The zero-order valence-electron chi connectivity index (χ0n) is 14.5. The van der Waals surface area contributed by atoms with Gasteiger partial charge >= 0.3 is 0 Å². The van der Waals surface area contributed by atoms with Crippen molar-refractivity contribution >= 4 is 5.78 Å². The third-order valence-corrected chi connectivity index (χ3v) is 5.64. The molecule has 1 aliphatic carbocycles. The second kappa shape index (κ2) is 7.59. The molecule has 3 rings (SSSR count). The lowest BCUT2D eigenvalue weighted by molar-refractivity contribution is -0.123. The van der Waals surface area contributed by atoms with Gasteiger partial charge in [0.2, 0.25) is 0 Å². The molecule has 1 heterocycles. The molecule has 1 saturated carbocycles. The van der Waals surface area contributed by atoms with Crippen molar-refractivity contribution in [3.8, 4) is 0 Å². The van der Waals surface area contributed by atoms with Crippen molar-refractivity contribution < 1.29 is 4.79 Å². The van der Waals surface area contributed by atoms with Gasteiger partial charge in [0.1, 0.15) is 5.78 Å². The van der Waals surface area contributed by atoms with E-state index in [1.165, 1.54) is 24.0 Å². The van der Waals surface area contributed by atoms with Crippen LogP contribution >= 0.6 is 0 Å². The molecule has 0 radical (unpaired) electrons. The molecule has 2 fully saturated rings. The van der Waals surface area contributed by atoms with Crippen molar-refractivity contribution in [3.05, 3.63) is 35.4 Å². The van der Waals surface area contributed by atoms with Gasteiger partial charge in [-0.3, -0.25) is 4.79 Å². The van der Waals surface area contributed by atoms with E-state index in [0.717, 1.165) is 31.8 Å². The Labute approximate surface area is 140 Å². The number of Topliss-reactive ketones (excluding diaryl/α,β-unsaturated/α-hetero) is 1. The van der Waals surface area contributed by atoms with Gasteiger partial charge in [-0.15, -0.1) is 0 Å². The molecule has 3 heteroatoms. The van der Waals surface area contributed by atoms with Crippen LogP contribution in [0.15, 0.2) is 24.3 Å². The van der Waals surface area contributed by atoms with Crippen LogP contribution < -0.4 is 10.6 Å². The summed E-state index contributed by atoms with van der Waals surface area (Å²) < 4.78 is 0. The highest BCUT2D eigenvalue weighted by atomic mass is 16.1. The molecule has 23 heavy (non-hydrogen) atoms. The van der Waals surface area contributed by atoms with Crippen LogP contribution in [0, 0.1) is 11.8 Å². The lowest BCUT2D eigenvalue weighted by Crippen LogP contribution is -2.49. The first-order valence-electron chi connectivity index (χ1n) is 9.20. The van der Waals surface area contributed by atoms with E-state index in [0.29, 0.717) is 30.2 Å². The topological polar surface area (TPSA) is 41.1 Å². The first kappa shape index (κ1) is 16.7. The number of hydrogen-bond acceptors (Lipinski definition) is 3. The Hall–Kier alpha value is -1.19. The molecule has 0 unspecified atom stereocenters. The highest BCUT2D eigenvalue weighted by molar-refractivity contribution is 5.83. The van der Waals surface area contributed by atoms with E-state index in [1.807, 2.05) is 0 Å². The number of carbonyl (C=O) groups is 1. The molecular formula is C20H30N2O. The van der Waals surface area contributed by atoms with Crippen molar-refractivity contribution in [2.24, 2.45) is 11.8 Å². The summed E-state index contributed by atoms with van der Waals surface area (Å²) in [6.07, 6.45) is 5.63. The first-order valence-corrected chi connectivity index (χ1v) is 9.20. The number of carbonyl (C=O) groups excluding carboxylic acids is 1. The molecule has 0 amide bonds. The van der Waals surface area contributed by atoms with Crippen LogP contribution in [-0.4, -0.2) is 25.0 Å². The highest BCUT2D eigenvalue weighted by Gasteiger charge is 2.24. The second-order valence-electron chi connectivity index (χ2n) is 7.58. The molecule has 0 bridgehead atoms. The number of rotatable bonds is 4. The maximum Gasteiger partial charge on any atom is 0.140 e. The van der Waals surface area contributed by atoms with Gasteiger partial charge in [-0.05, 0) is 36.8 Å². The lowest BCUT2D eigenvalue weighted by Gasteiger charge is -2.29. The van der Waals surface area contributed by atoms with E-state index in [4.69, 9.17) is 0 Å². The van der Waals surface area contributed by atoms with Gasteiger partial charge in [0.15, 0.2) is 0 Å². The van der Waals surface area contributed by atoms with Crippen molar-refractivity contribution in [2.45, 2.75) is 58.0 Å². The smallest absolute Gasteiger partial charge is 0.140 e. The summed E-state index contributed by atoms with van der Waals surface area (Å²) in [7, 11) is 0. The Morgan fingerprint density at radius 1 is 1.00 bits per heavy atom. The minimum Gasteiger partial charge on any atom is -0.301 e. The van der Waals surface area contributed by atoms with Crippen LogP contribution in [0.5, 0.6) is 0 Å². The summed E-state index contributed by atoms with van der Waals surface area (Å²) in [5.41, 5.74) is 2.53. The Morgan fingerprint density at radius 3 is 2.22 bits per heavy atom. The third-order valence-electron chi connectivity index (χ3n) is 5.64. The van der Waals surface area contributed by atoms with Gasteiger partial charge in [-0.25, -0.2) is 0 Å². The Kier molecular flexibility index (Phi) is 5.50. The molecule has 1 aromatic rings. The lowest BCUT2D eigenvalue weighted by atomic mass is 9.79. The summed E-state index contributed by atoms with van der Waals surface area (Å²) in [5, 5.41) is 6.92. The molecule has 2 N–H and O–H groups in total. The molecular weight excluding hydrogens is 284 g/mol. The maximum absolute atomic E-state index is 12.5. The predicted octanol–water partition coefficient (Wildman–Crippen LogP) is 3.25. The average Bonchev–Trinajstić information content (AvgIpc) is 2.57. The van der Waals surface area contributed by atoms with Gasteiger partial charge in [0.05, 0.1) is 6.17 Å². The molecule has 1 aliphatic heterocycles. The first-order chi connectivity index (χ1) is 11.1. The largest absolute Gasteiger partial charge is 0.301 e. The summed E-state index contributed by atoms with van der Waals surface area (Å²) in [6.45, 7) is 6.49. The van der Waals surface area contributed by atoms with Crippen molar-refractivity contribution in [1.29, 1.82) is 0 Å². The SMILES string of the molecule is CC1CCC(C(=O)Cc2ccc(C3CNC(C)NC3)cc2)CC1. The van der Waals surface area contributed by atoms with E-state index in [9.17, 15) is 4.79 Å². The molecule has 0 atom stereocenters. The van der Waals surface area contributed by atoms with Crippen LogP contribution in [0.1, 0.15) is 56.6 Å². The third kappa shape index (κ3) is 4.42. The van der Waals surface area contributed by atoms with Gasteiger partial charge in [0, 0.05) is 31.3 Å². The molecule has 0 aromatic heterocycles. The van der Waals surface area contributed by atoms with Crippen LogP contribution in [0.4, 0.5) is 0 Å². The summed E-state index contributed by atoms with van der Waals surface area (Å²) in [6, 6.07) is 8.71. The van der Waals surface area contributed by atoms with Crippen molar-refractivity contribution in [2.75, 3.05) is 13.1 Å². The normalized spacial score (nSPS) is 31.7. The van der Waals surface area contributed by atoms with E-state index < -0.39 is 0 Å². The molecule has 126 valence electrons.